The third kappa shape index (κ3) is 3.19. The fourth-order valence-corrected chi connectivity index (χ4v) is 3.42. The number of hydrogen-bond acceptors (Lipinski definition) is 4. The van der Waals surface area contributed by atoms with E-state index in [9.17, 15) is 9.59 Å². The maximum atomic E-state index is 12.6. The maximum Gasteiger partial charge on any atom is 0.332 e. The van der Waals surface area contributed by atoms with Gasteiger partial charge in [-0.05, 0) is 11.3 Å². The second-order valence-electron chi connectivity index (χ2n) is 5.63. The first-order valence-corrected chi connectivity index (χ1v) is 9.03. The molecule has 0 N–H and O–H groups in total. The Balaban J connectivity index is 2.12. The van der Waals surface area contributed by atoms with Gasteiger partial charge in [-0.1, -0.05) is 61.2 Å². The molecule has 2 aromatic heterocycles. The molecule has 0 bridgehead atoms. The van der Waals surface area contributed by atoms with Crippen LogP contribution in [-0.4, -0.2) is 24.4 Å². The fourth-order valence-electron chi connectivity index (χ4n) is 2.69. The predicted octanol–water partition coefficient (Wildman–Crippen LogP) is 2.26. The third-order valence-corrected chi connectivity index (χ3v) is 4.84. The first kappa shape index (κ1) is 17.3. The molecule has 0 unspecified atom stereocenters. The number of hydrogen-bond donors (Lipinski definition) is 0. The molecule has 0 fully saturated rings. The van der Waals surface area contributed by atoms with Crippen LogP contribution in [0.5, 0.6) is 0 Å². The van der Waals surface area contributed by atoms with Crippen LogP contribution >= 0.6 is 11.8 Å². The van der Waals surface area contributed by atoms with Gasteiger partial charge in [-0.3, -0.25) is 13.9 Å². The monoisotopic (exact) mass is 356 g/mol. The molecule has 3 aromatic rings. The quantitative estimate of drug-likeness (QED) is 0.658. The molecule has 0 saturated carbocycles. The van der Waals surface area contributed by atoms with E-state index in [0.29, 0.717) is 17.7 Å². The normalized spacial score (nSPS) is 11.6. The Labute approximate surface area is 149 Å². The van der Waals surface area contributed by atoms with Gasteiger partial charge in [0.1, 0.15) is 0 Å². The summed E-state index contributed by atoms with van der Waals surface area (Å²) in [5, 5.41) is 0.744. The molecule has 2 heterocycles. The van der Waals surface area contributed by atoms with Crippen molar-refractivity contribution in [3.05, 3.63) is 62.8 Å². The van der Waals surface area contributed by atoms with E-state index in [0.717, 1.165) is 21.0 Å². The number of thioether (sulfide) groups is 1. The number of rotatable bonds is 5. The molecule has 130 valence electrons. The van der Waals surface area contributed by atoms with Crippen molar-refractivity contribution in [3.63, 3.8) is 0 Å². The lowest BCUT2D eigenvalue weighted by Crippen LogP contribution is -2.37. The van der Waals surface area contributed by atoms with E-state index >= 15 is 0 Å². The summed E-state index contributed by atoms with van der Waals surface area (Å²) >= 11 is 1.56. The molecule has 25 heavy (non-hydrogen) atoms. The van der Waals surface area contributed by atoms with Crippen LogP contribution in [0.1, 0.15) is 12.5 Å². The molecule has 0 radical (unpaired) electrons. The molecule has 0 aliphatic carbocycles. The lowest BCUT2D eigenvalue weighted by atomic mass is 10.2. The number of nitrogens with zero attached hydrogens (tertiary/aromatic N) is 4. The van der Waals surface area contributed by atoms with Gasteiger partial charge >= 0.3 is 5.69 Å². The highest BCUT2D eigenvalue weighted by Crippen LogP contribution is 2.21. The highest BCUT2D eigenvalue weighted by Gasteiger charge is 2.18. The Hall–Kier alpha value is -2.54. The Bertz CT molecular complexity index is 1040. The third-order valence-electron chi connectivity index (χ3n) is 3.98. The van der Waals surface area contributed by atoms with Gasteiger partial charge in [0.2, 0.25) is 0 Å². The van der Waals surface area contributed by atoms with Gasteiger partial charge in [0.05, 0.1) is 0 Å². The van der Waals surface area contributed by atoms with E-state index in [1.807, 2.05) is 54.0 Å². The van der Waals surface area contributed by atoms with Crippen LogP contribution < -0.4 is 11.2 Å². The van der Waals surface area contributed by atoms with Crippen molar-refractivity contribution in [1.82, 2.24) is 18.7 Å². The zero-order chi connectivity index (χ0) is 18.0. The number of aryl methyl sites for hydroxylation is 1. The number of fused-ring (bicyclic) bond motifs is 1. The molecule has 7 heteroatoms. The molecular weight excluding hydrogens is 336 g/mol. The van der Waals surface area contributed by atoms with Crippen LogP contribution in [0, 0.1) is 0 Å². The van der Waals surface area contributed by atoms with E-state index in [4.69, 9.17) is 0 Å². The van der Waals surface area contributed by atoms with Gasteiger partial charge in [0, 0.05) is 20.6 Å². The maximum absolute atomic E-state index is 12.6. The van der Waals surface area contributed by atoms with Crippen molar-refractivity contribution in [2.45, 2.75) is 18.6 Å². The van der Waals surface area contributed by atoms with Gasteiger partial charge in [0.25, 0.3) is 5.56 Å². The SMILES string of the molecule is CCSc1nc2c(c(=O)n(C)c(=O)n2C)n1CC=Cc1ccccc1. The Morgan fingerprint density at radius 3 is 2.52 bits per heavy atom. The second kappa shape index (κ2) is 7.14. The average molecular weight is 356 g/mol. The van der Waals surface area contributed by atoms with Crippen LogP contribution in [0.2, 0.25) is 0 Å². The van der Waals surface area contributed by atoms with Crippen LogP contribution in [0.4, 0.5) is 0 Å². The summed E-state index contributed by atoms with van der Waals surface area (Å²) in [4.78, 5) is 29.3. The molecule has 0 amide bonds. The minimum absolute atomic E-state index is 0.318. The molecule has 0 aliphatic heterocycles. The van der Waals surface area contributed by atoms with Gasteiger partial charge < -0.3 is 4.57 Å². The smallest absolute Gasteiger partial charge is 0.309 e. The lowest BCUT2D eigenvalue weighted by molar-refractivity contribution is 0.700. The van der Waals surface area contributed by atoms with E-state index in [2.05, 4.69) is 4.98 Å². The minimum Gasteiger partial charge on any atom is -0.309 e. The lowest BCUT2D eigenvalue weighted by Gasteiger charge is -2.06. The second-order valence-corrected chi connectivity index (χ2v) is 6.86. The summed E-state index contributed by atoms with van der Waals surface area (Å²) in [5.74, 6) is 0.833. The van der Waals surface area contributed by atoms with Crippen molar-refractivity contribution < 1.29 is 0 Å². The van der Waals surface area contributed by atoms with Crippen LogP contribution in [-0.2, 0) is 20.6 Å². The first-order valence-electron chi connectivity index (χ1n) is 8.05. The minimum atomic E-state index is -0.366. The molecule has 0 aliphatic rings. The van der Waals surface area contributed by atoms with Crippen molar-refractivity contribution >= 4 is 29.0 Å². The molecule has 0 spiro atoms. The number of allylic oxidation sites excluding steroid dienone is 1. The Morgan fingerprint density at radius 2 is 1.84 bits per heavy atom. The molecule has 3 rings (SSSR count). The average Bonchev–Trinajstić information content (AvgIpc) is 2.98. The van der Waals surface area contributed by atoms with E-state index in [-0.39, 0.29) is 11.2 Å². The summed E-state index contributed by atoms with van der Waals surface area (Å²) in [6.45, 7) is 2.55. The summed E-state index contributed by atoms with van der Waals surface area (Å²) in [7, 11) is 3.13. The fraction of sp³-hybridized carbons (Fsp3) is 0.278. The highest BCUT2D eigenvalue weighted by atomic mass is 32.2. The topological polar surface area (TPSA) is 61.8 Å². The van der Waals surface area contributed by atoms with Crippen molar-refractivity contribution in [2.24, 2.45) is 14.1 Å². The van der Waals surface area contributed by atoms with Crippen molar-refractivity contribution in [1.29, 1.82) is 0 Å². The van der Waals surface area contributed by atoms with Gasteiger partial charge in [-0.25, -0.2) is 9.78 Å². The summed E-state index contributed by atoms with van der Waals surface area (Å²) < 4.78 is 4.43. The van der Waals surface area contributed by atoms with E-state index in [1.165, 1.54) is 11.6 Å². The molecule has 6 nitrogen and oxygen atoms in total. The highest BCUT2D eigenvalue weighted by molar-refractivity contribution is 7.99. The number of benzene rings is 1. The molecule has 0 saturated heterocycles. The summed E-state index contributed by atoms with van der Waals surface area (Å²) in [6, 6.07) is 9.98. The molecule has 0 atom stereocenters. The predicted molar refractivity (Wildman–Crippen MR) is 102 cm³/mol. The zero-order valence-electron chi connectivity index (χ0n) is 14.5. The molecular formula is C18H20N4O2S. The van der Waals surface area contributed by atoms with Crippen LogP contribution in [0.25, 0.3) is 17.2 Å². The van der Waals surface area contributed by atoms with Gasteiger partial charge in [0.15, 0.2) is 16.3 Å². The number of imidazole rings is 1. The van der Waals surface area contributed by atoms with Crippen molar-refractivity contribution in [3.8, 4) is 0 Å². The van der Waals surface area contributed by atoms with E-state index < -0.39 is 0 Å². The largest absolute Gasteiger partial charge is 0.332 e. The summed E-state index contributed by atoms with van der Waals surface area (Å²) in [5.41, 5.74) is 1.30. The first-order chi connectivity index (χ1) is 12.0. The van der Waals surface area contributed by atoms with Crippen LogP contribution in [0.15, 0.2) is 51.2 Å². The van der Waals surface area contributed by atoms with Gasteiger partial charge in [-0.2, -0.15) is 0 Å². The number of aromatic nitrogens is 4. The Kier molecular flexibility index (Phi) is 4.94. The summed E-state index contributed by atoms with van der Waals surface area (Å²) in [6.07, 6.45) is 4.01. The molecule has 1 aromatic carbocycles. The van der Waals surface area contributed by atoms with Crippen molar-refractivity contribution in [2.75, 3.05) is 5.75 Å². The zero-order valence-corrected chi connectivity index (χ0v) is 15.3. The van der Waals surface area contributed by atoms with Gasteiger partial charge in [-0.15, -0.1) is 0 Å². The Morgan fingerprint density at radius 1 is 1.12 bits per heavy atom. The standard InChI is InChI=1S/C18H20N4O2S/c1-4-25-17-19-15-14(16(23)21(3)18(24)20(15)2)22(17)12-8-11-13-9-6-5-7-10-13/h5-11H,4,12H2,1-3H3. The van der Waals surface area contributed by atoms with Crippen LogP contribution in [0.3, 0.4) is 0 Å². The van der Waals surface area contributed by atoms with E-state index in [1.54, 1.807) is 18.8 Å².